The smallest absolute Gasteiger partial charge is 0.316 e. The second-order valence-corrected chi connectivity index (χ2v) is 5.37. The summed E-state index contributed by atoms with van der Waals surface area (Å²) in [4.78, 5) is 22.2. The van der Waals surface area contributed by atoms with Crippen molar-refractivity contribution in [3.8, 4) is 0 Å². The number of esters is 1. The Morgan fingerprint density at radius 1 is 1.53 bits per heavy atom. The lowest BCUT2D eigenvalue weighted by atomic mass is 9.82. The van der Waals surface area contributed by atoms with E-state index in [1.807, 2.05) is 0 Å². The number of carbonyl (C=O) groups excluding carboxylic acids is 1. The van der Waals surface area contributed by atoms with E-state index in [-0.39, 0.29) is 12.1 Å². The van der Waals surface area contributed by atoms with Gasteiger partial charge in [0.25, 0.3) is 0 Å². The molecular weight excluding hydrogens is 222 g/mol. The molecule has 0 aromatic heterocycles. The van der Waals surface area contributed by atoms with Gasteiger partial charge in [-0.3, -0.25) is 14.9 Å². The molecule has 17 heavy (non-hydrogen) atoms. The van der Waals surface area contributed by atoms with Crippen molar-refractivity contribution in [1.29, 1.82) is 0 Å². The van der Waals surface area contributed by atoms with Crippen LogP contribution in [0.25, 0.3) is 0 Å². The van der Waals surface area contributed by atoms with Gasteiger partial charge in [-0.1, -0.05) is 12.2 Å². The molecule has 0 amide bonds. The Kier molecular flexibility index (Phi) is 3.40. The van der Waals surface area contributed by atoms with Gasteiger partial charge < -0.3 is 4.74 Å². The molecule has 1 rings (SSSR count). The lowest BCUT2D eigenvalue weighted by molar-refractivity contribution is -0.429. The Bertz CT molecular complexity index is 403. The fraction of sp³-hybridized carbons (Fsp3) is 0.583. The van der Waals surface area contributed by atoms with Crippen molar-refractivity contribution in [3.63, 3.8) is 0 Å². The van der Waals surface area contributed by atoms with Gasteiger partial charge in [0.15, 0.2) is 0 Å². The molecule has 1 aliphatic carbocycles. The monoisotopic (exact) mass is 239 g/mol. The molecule has 0 aromatic rings. The molecule has 1 unspecified atom stereocenters. The first-order valence-corrected chi connectivity index (χ1v) is 5.40. The van der Waals surface area contributed by atoms with E-state index in [9.17, 15) is 14.9 Å². The molecule has 0 saturated heterocycles. The molecular formula is C12H17NO4. The number of carbonyl (C=O) groups is 1. The van der Waals surface area contributed by atoms with Gasteiger partial charge in [-0.25, -0.2) is 0 Å². The van der Waals surface area contributed by atoms with Crippen molar-refractivity contribution >= 4 is 5.97 Å². The average molecular weight is 239 g/mol. The Hall–Kier alpha value is -1.65. The van der Waals surface area contributed by atoms with E-state index in [2.05, 4.69) is 0 Å². The van der Waals surface area contributed by atoms with Crippen LogP contribution in [0.2, 0.25) is 0 Å². The Balaban J connectivity index is 2.85. The second-order valence-electron chi connectivity index (χ2n) is 5.37. The molecule has 0 heterocycles. The number of nitrogens with zero attached hydrogens (tertiary/aromatic N) is 1. The van der Waals surface area contributed by atoms with Crippen LogP contribution in [0.3, 0.4) is 0 Å². The molecule has 0 radical (unpaired) electrons. The summed E-state index contributed by atoms with van der Waals surface area (Å²) in [6.07, 6.45) is 4.65. The summed E-state index contributed by atoms with van der Waals surface area (Å²) in [6, 6.07) is 0. The summed E-state index contributed by atoms with van der Waals surface area (Å²) in [6.45, 7) is 6.95. The van der Waals surface area contributed by atoms with Crippen molar-refractivity contribution in [3.05, 3.63) is 34.0 Å². The zero-order valence-corrected chi connectivity index (χ0v) is 10.5. The van der Waals surface area contributed by atoms with Crippen molar-refractivity contribution in [1.82, 2.24) is 0 Å². The zero-order valence-electron chi connectivity index (χ0n) is 10.5. The van der Waals surface area contributed by atoms with Crippen molar-refractivity contribution < 1.29 is 14.5 Å². The molecule has 5 heteroatoms. The summed E-state index contributed by atoms with van der Waals surface area (Å²) in [5.74, 6) is -0.436. The Morgan fingerprint density at radius 2 is 2.12 bits per heavy atom. The topological polar surface area (TPSA) is 69.4 Å². The normalized spacial score (nSPS) is 24.1. The van der Waals surface area contributed by atoms with Crippen LogP contribution in [0.5, 0.6) is 0 Å². The van der Waals surface area contributed by atoms with E-state index < -0.39 is 21.9 Å². The number of allylic oxidation sites excluding steroid dienone is 3. The minimum absolute atomic E-state index is 0.0286. The largest absolute Gasteiger partial charge is 0.459 e. The van der Waals surface area contributed by atoms with E-state index in [0.29, 0.717) is 0 Å². The predicted molar refractivity (Wildman–Crippen MR) is 62.8 cm³/mol. The molecule has 0 spiro atoms. The fourth-order valence-electron chi connectivity index (χ4n) is 1.53. The number of nitro groups is 1. The molecule has 5 nitrogen and oxygen atoms in total. The Labute approximate surface area is 100 Å². The van der Waals surface area contributed by atoms with Gasteiger partial charge in [-0.05, 0) is 27.7 Å². The molecule has 0 fully saturated rings. The highest BCUT2D eigenvalue weighted by Crippen LogP contribution is 2.34. The number of rotatable bonds is 2. The van der Waals surface area contributed by atoms with Gasteiger partial charge >= 0.3 is 5.97 Å². The lowest BCUT2D eigenvalue weighted by Gasteiger charge is -2.29. The zero-order chi connectivity index (χ0) is 13.3. The third-order valence-corrected chi connectivity index (χ3v) is 2.40. The van der Waals surface area contributed by atoms with E-state index in [0.717, 1.165) is 0 Å². The summed E-state index contributed by atoms with van der Waals surface area (Å²) >= 11 is 0. The Morgan fingerprint density at radius 3 is 2.59 bits per heavy atom. The van der Waals surface area contributed by atoms with Crippen molar-refractivity contribution in [2.24, 2.45) is 5.41 Å². The molecule has 0 aliphatic heterocycles. The van der Waals surface area contributed by atoms with E-state index in [4.69, 9.17) is 4.74 Å². The highest BCUT2D eigenvalue weighted by Gasteiger charge is 2.39. The van der Waals surface area contributed by atoms with Crippen molar-refractivity contribution in [2.45, 2.75) is 39.7 Å². The maximum absolute atomic E-state index is 12.0. The molecule has 1 aliphatic rings. The standard InChI is InChI=1S/C12H17NO4/c1-11(2,3)17-10(14)12(4)7-5-6-9(8-12)13(15)16/h5-7H,8H2,1-4H3. The van der Waals surface area contributed by atoms with Gasteiger partial charge in [-0.2, -0.15) is 0 Å². The molecule has 1 atom stereocenters. The molecule has 0 saturated carbocycles. The van der Waals surface area contributed by atoms with Crippen LogP contribution in [0, 0.1) is 15.5 Å². The molecule has 94 valence electrons. The summed E-state index contributed by atoms with van der Waals surface area (Å²) in [5.41, 5.74) is -1.52. The molecule has 0 bridgehead atoms. The van der Waals surface area contributed by atoms with Crippen molar-refractivity contribution in [2.75, 3.05) is 0 Å². The first-order chi connectivity index (χ1) is 7.64. The third-order valence-electron chi connectivity index (χ3n) is 2.40. The van der Waals surface area contributed by atoms with Gasteiger partial charge in [0.2, 0.25) is 5.70 Å². The summed E-state index contributed by atoms with van der Waals surface area (Å²) in [7, 11) is 0. The first-order valence-electron chi connectivity index (χ1n) is 5.40. The summed E-state index contributed by atoms with van der Waals surface area (Å²) < 4.78 is 5.27. The first kappa shape index (κ1) is 13.4. The molecule has 0 aromatic carbocycles. The quantitative estimate of drug-likeness (QED) is 0.421. The maximum Gasteiger partial charge on any atom is 0.316 e. The maximum atomic E-state index is 12.0. The predicted octanol–water partition coefficient (Wildman–Crippen LogP) is 2.45. The van der Waals surface area contributed by atoms with E-state index in [1.165, 1.54) is 12.2 Å². The second kappa shape index (κ2) is 4.31. The van der Waals surface area contributed by atoms with Crippen LogP contribution in [0.4, 0.5) is 0 Å². The van der Waals surface area contributed by atoms with Gasteiger partial charge in [0.05, 0.1) is 16.8 Å². The average Bonchev–Trinajstić information content (AvgIpc) is 2.15. The SMILES string of the molecule is CC(C)(C)OC(=O)C1(C)C=CC=C([N+](=O)[O-])C1. The van der Waals surface area contributed by atoms with Gasteiger partial charge in [0.1, 0.15) is 5.60 Å². The third kappa shape index (κ3) is 3.41. The number of hydrogen-bond donors (Lipinski definition) is 0. The van der Waals surface area contributed by atoms with Gasteiger partial charge in [0, 0.05) is 6.08 Å². The molecule has 0 N–H and O–H groups in total. The summed E-state index contributed by atoms with van der Waals surface area (Å²) in [5, 5.41) is 10.7. The minimum atomic E-state index is -0.954. The van der Waals surface area contributed by atoms with Crippen LogP contribution in [-0.4, -0.2) is 16.5 Å². The highest BCUT2D eigenvalue weighted by atomic mass is 16.6. The number of hydrogen-bond acceptors (Lipinski definition) is 4. The van der Waals surface area contributed by atoms with Crippen LogP contribution < -0.4 is 0 Å². The minimum Gasteiger partial charge on any atom is -0.459 e. The van der Waals surface area contributed by atoms with Crippen LogP contribution in [0.1, 0.15) is 34.1 Å². The number of ether oxygens (including phenoxy) is 1. The van der Waals surface area contributed by atoms with E-state index in [1.54, 1.807) is 33.8 Å². The van der Waals surface area contributed by atoms with Gasteiger partial charge in [-0.15, -0.1) is 0 Å². The van der Waals surface area contributed by atoms with E-state index >= 15 is 0 Å². The lowest BCUT2D eigenvalue weighted by Crippen LogP contribution is -2.36. The van der Waals surface area contributed by atoms with Crippen LogP contribution in [0.15, 0.2) is 23.9 Å². The highest BCUT2D eigenvalue weighted by molar-refractivity contribution is 5.79. The fourth-order valence-corrected chi connectivity index (χ4v) is 1.53. The van der Waals surface area contributed by atoms with Crippen LogP contribution in [-0.2, 0) is 9.53 Å². The van der Waals surface area contributed by atoms with Crippen LogP contribution >= 0.6 is 0 Å².